The second-order valence-corrected chi connectivity index (χ2v) is 8.49. The molecule has 1 aliphatic heterocycles. The molecule has 0 aromatic heterocycles. The topological polar surface area (TPSA) is 61.8 Å². The fourth-order valence-electron chi connectivity index (χ4n) is 3.48. The molecule has 0 saturated carbocycles. The van der Waals surface area contributed by atoms with Gasteiger partial charge in [0.2, 0.25) is 0 Å². The van der Waals surface area contributed by atoms with Crippen LogP contribution in [0.2, 0.25) is 0 Å². The first-order valence-electron chi connectivity index (χ1n) is 10.9. The van der Waals surface area contributed by atoms with Gasteiger partial charge in [-0.2, -0.15) is 0 Å². The lowest BCUT2D eigenvalue weighted by atomic mass is 10.2. The lowest BCUT2D eigenvalue weighted by molar-refractivity contribution is -0.931. The van der Waals surface area contributed by atoms with Gasteiger partial charge in [0.05, 0.1) is 79.5 Å². The summed E-state index contributed by atoms with van der Waals surface area (Å²) in [4.78, 5) is 23.9. The number of likely N-dealkylation sites (N-methyl/N-ethyl adjacent to an activating group) is 1. The molecule has 0 unspecified atom stereocenters. The molecule has 1 heterocycles. The Bertz CT molecular complexity index is 440. The Kier molecular flexibility index (Phi) is 11.6. The van der Waals surface area contributed by atoms with Crippen molar-refractivity contribution in [2.24, 2.45) is 0 Å². The Morgan fingerprint density at radius 1 is 0.929 bits per heavy atom. The van der Waals surface area contributed by atoms with Crippen LogP contribution in [0.4, 0.5) is 0 Å². The van der Waals surface area contributed by atoms with Gasteiger partial charge in [-0.3, -0.25) is 9.59 Å². The van der Waals surface area contributed by atoms with Gasteiger partial charge in [0, 0.05) is 6.42 Å². The van der Waals surface area contributed by atoms with Gasteiger partial charge in [0.1, 0.15) is 13.1 Å². The summed E-state index contributed by atoms with van der Waals surface area (Å²) in [6.45, 7) is 12.1. The Morgan fingerprint density at radius 3 is 1.89 bits per heavy atom. The van der Waals surface area contributed by atoms with E-state index in [2.05, 4.69) is 14.1 Å². The second kappa shape index (κ2) is 13.1. The number of hydrogen-bond donors (Lipinski definition) is 0. The molecule has 0 aromatic rings. The van der Waals surface area contributed by atoms with Crippen LogP contribution < -0.4 is 0 Å². The summed E-state index contributed by atoms with van der Waals surface area (Å²) in [7, 11) is 4.43. The zero-order valence-corrected chi connectivity index (χ0v) is 18.5. The van der Waals surface area contributed by atoms with Gasteiger partial charge in [-0.15, -0.1) is 0 Å². The number of carbonyl (C=O) groups excluding carboxylic acids is 2. The van der Waals surface area contributed by atoms with Crippen LogP contribution in [-0.2, 0) is 23.8 Å². The highest BCUT2D eigenvalue weighted by Gasteiger charge is 2.29. The number of esters is 2. The molecule has 0 bridgehead atoms. The molecule has 28 heavy (non-hydrogen) atoms. The maximum Gasteiger partial charge on any atom is 0.311 e. The van der Waals surface area contributed by atoms with Crippen molar-refractivity contribution in [2.45, 2.75) is 46.0 Å². The van der Waals surface area contributed by atoms with E-state index in [1.54, 1.807) is 0 Å². The molecule has 0 radical (unpaired) electrons. The van der Waals surface area contributed by atoms with Gasteiger partial charge in [0.15, 0.2) is 0 Å². The summed E-state index contributed by atoms with van der Waals surface area (Å²) < 4.78 is 17.7. The van der Waals surface area contributed by atoms with Crippen molar-refractivity contribution >= 4 is 11.9 Å². The molecule has 1 rings (SSSR count). The summed E-state index contributed by atoms with van der Waals surface area (Å²) in [6.07, 6.45) is 3.50. The van der Waals surface area contributed by atoms with Gasteiger partial charge in [-0.25, -0.2) is 0 Å². The first kappa shape index (κ1) is 24.9. The third kappa shape index (κ3) is 10.4. The fourth-order valence-corrected chi connectivity index (χ4v) is 3.48. The summed E-state index contributed by atoms with van der Waals surface area (Å²) in [6, 6.07) is 0. The molecule has 7 nitrogen and oxygen atoms in total. The molecule has 1 aliphatic rings. The average Bonchev–Trinajstić information content (AvgIpc) is 2.68. The number of morpholine rings is 1. The van der Waals surface area contributed by atoms with E-state index >= 15 is 0 Å². The van der Waals surface area contributed by atoms with Gasteiger partial charge in [-0.1, -0.05) is 13.8 Å². The molecule has 1 saturated heterocycles. The number of carbonyl (C=O) groups is 2. The van der Waals surface area contributed by atoms with Crippen molar-refractivity contribution in [3.8, 4) is 0 Å². The van der Waals surface area contributed by atoms with E-state index in [0.29, 0.717) is 43.6 Å². The highest BCUT2D eigenvalue weighted by molar-refractivity contribution is 5.70. The number of hydrogen-bond acceptors (Lipinski definition) is 5. The molecule has 0 amide bonds. The molecule has 164 valence electrons. The van der Waals surface area contributed by atoms with Crippen LogP contribution in [-0.4, -0.2) is 101 Å². The van der Waals surface area contributed by atoms with Crippen LogP contribution in [0.5, 0.6) is 0 Å². The number of rotatable bonds is 14. The first-order valence-corrected chi connectivity index (χ1v) is 10.9. The van der Waals surface area contributed by atoms with Gasteiger partial charge >= 0.3 is 11.9 Å². The molecule has 7 heteroatoms. The normalized spacial score (nSPS) is 16.6. The van der Waals surface area contributed by atoms with Crippen LogP contribution in [0.3, 0.4) is 0 Å². The SMILES string of the molecule is CCCOC(=O)CC[N+](C)(CCC[N+]1(C)CCOCC1)CCC(=O)OCCC. The van der Waals surface area contributed by atoms with Crippen LogP contribution in [0.25, 0.3) is 0 Å². The van der Waals surface area contributed by atoms with Crippen molar-refractivity contribution in [3.05, 3.63) is 0 Å². The maximum absolute atomic E-state index is 12.0. The van der Waals surface area contributed by atoms with Gasteiger partial charge in [-0.05, 0) is 12.8 Å². The quantitative estimate of drug-likeness (QED) is 0.328. The highest BCUT2D eigenvalue weighted by Crippen LogP contribution is 2.13. The number of nitrogens with zero attached hydrogens (tertiary/aromatic N) is 2. The highest BCUT2D eigenvalue weighted by atomic mass is 16.5. The van der Waals surface area contributed by atoms with E-state index in [9.17, 15) is 9.59 Å². The summed E-state index contributed by atoms with van der Waals surface area (Å²) >= 11 is 0. The minimum absolute atomic E-state index is 0.146. The Hall–Kier alpha value is -1.18. The molecular formula is C21H42N2O5+2. The van der Waals surface area contributed by atoms with Crippen LogP contribution in [0, 0.1) is 0 Å². The number of quaternary nitrogens is 2. The van der Waals surface area contributed by atoms with Gasteiger partial charge in [0.25, 0.3) is 0 Å². The van der Waals surface area contributed by atoms with E-state index in [0.717, 1.165) is 63.1 Å². The average molecular weight is 403 g/mol. The summed E-state index contributed by atoms with van der Waals surface area (Å²) in [5.41, 5.74) is 0. The largest absolute Gasteiger partial charge is 0.466 e. The fraction of sp³-hybridized carbons (Fsp3) is 0.905. The second-order valence-electron chi connectivity index (χ2n) is 8.49. The van der Waals surface area contributed by atoms with Gasteiger partial charge < -0.3 is 23.2 Å². The van der Waals surface area contributed by atoms with Crippen molar-refractivity contribution in [3.63, 3.8) is 0 Å². The molecule has 0 aliphatic carbocycles. The molecule has 0 spiro atoms. The first-order chi connectivity index (χ1) is 13.3. The van der Waals surface area contributed by atoms with E-state index in [4.69, 9.17) is 14.2 Å². The van der Waals surface area contributed by atoms with Crippen molar-refractivity contribution in [1.82, 2.24) is 0 Å². The van der Waals surface area contributed by atoms with E-state index in [1.165, 1.54) is 0 Å². The van der Waals surface area contributed by atoms with E-state index < -0.39 is 0 Å². The Labute approximate surface area is 171 Å². The third-order valence-corrected chi connectivity index (χ3v) is 5.59. The van der Waals surface area contributed by atoms with E-state index in [1.807, 2.05) is 13.8 Å². The van der Waals surface area contributed by atoms with Crippen LogP contribution in [0.15, 0.2) is 0 Å². The zero-order valence-electron chi connectivity index (χ0n) is 18.5. The predicted molar refractivity (Wildman–Crippen MR) is 109 cm³/mol. The lowest BCUT2D eigenvalue weighted by Crippen LogP contribution is -2.54. The van der Waals surface area contributed by atoms with Crippen LogP contribution >= 0.6 is 0 Å². The maximum atomic E-state index is 12.0. The smallest absolute Gasteiger partial charge is 0.311 e. The Balaban J connectivity index is 2.54. The zero-order chi connectivity index (χ0) is 20.9. The molecule has 1 fully saturated rings. The predicted octanol–water partition coefficient (Wildman–Crippen LogP) is 1.99. The van der Waals surface area contributed by atoms with Crippen molar-refractivity contribution in [2.75, 3.05) is 79.8 Å². The van der Waals surface area contributed by atoms with Crippen molar-refractivity contribution < 1.29 is 32.8 Å². The molecular weight excluding hydrogens is 360 g/mol. The number of ether oxygens (including phenoxy) is 3. The van der Waals surface area contributed by atoms with Crippen LogP contribution in [0.1, 0.15) is 46.0 Å². The summed E-state index contributed by atoms with van der Waals surface area (Å²) in [5.74, 6) is -0.293. The summed E-state index contributed by atoms with van der Waals surface area (Å²) in [5, 5.41) is 0. The monoisotopic (exact) mass is 402 g/mol. The standard InChI is InChI=1S/C21H42N2O5/c1-5-16-27-20(24)8-12-22(3,13-9-21(25)28-17-6-2)10-7-11-23(4)14-18-26-19-15-23/h5-19H2,1-4H3/q+2. The molecule has 0 N–H and O–H groups in total. The lowest BCUT2D eigenvalue weighted by Gasteiger charge is -2.39. The minimum Gasteiger partial charge on any atom is -0.466 e. The van der Waals surface area contributed by atoms with Crippen molar-refractivity contribution in [1.29, 1.82) is 0 Å². The Morgan fingerprint density at radius 2 is 1.43 bits per heavy atom. The van der Waals surface area contributed by atoms with E-state index in [-0.39, 0.29) is 11.9 Å². The third-order valence-electron chi connectivity index (χ3n) is 5.59. The molecule has 0 aromatic carbocycles. The molecule has 0 atom stereocenters. The minimum atomic E-state index is -0.146.